The van der Waals surface area contributed by atoms with Gasteiger partial charge >= 0.3 is 5.97 Å². The number of nitrogens with one attached hydrogen (secondary N) is 1. The summed E-state index contributed by atoms with van der Waals surface area (Å²) in [5.41, 5.74) is 1.000. The van der Waals surface area contributed by atoms with Gasteiger partial charge in [-0.25, -0.2) is 0 Å². The van der Waals surface area contributed by atoms with Gasteiger partial charge in [-0.1, -0.05) is 46.3 Å². The Morgan fingerprint density at radius 2 is 1.58 bits per heavy atom. The van der Waals surface area contributed by atoms with Crippen LogP contribution in [0.1, 0.15) is 27.1 Å². The van der Waals surface area contributed by atoms with E-state index in [2.05, 4.69) is 21.2 Å². The standard InChI is InChI=1S/C18H16BrNO4/c19-15-8-6-14(7-9-15)18(23)20-11-10-17(22)24-12-16(21)13-4-2-1-3-5-13/h1-9H,10-12H2,(H,20,23). The van der Waals surface area contributed by atoms with Crippen molar-refractivity contribution < 1.29 is 19.1 Å². The van der Waals surface area contributed by atoms with Crippen LogP contribution in [0.15, 0.2) is 59.1 Å². The number of hydrogen-bond donors (Lipinski definition) is 1. The van der Waals surface area contributed by atoms with E-state index in [1.54, 1.807) is 54.6 Å². The predicted octanol–water partition coefficient (Wildman–Crippen LogP) is 3.00. The van der Waals surface area contributed by atoms with Crippen molar-refractivity contribution in [3.05, 3.63) is 70.2 Å². The highest BCUT2D eigenvalue weighted by Gasteiger charge is 2.10. The van der Waals surface area contributed by atoms with E-state index in [1.165, 1.54) is 0 Å². The average molecular weight is 390 g/mol. The Kier molecular flexibility index (Phi) is 6.69. The first-order valence-electron chi connectivity index (χ1n) is 7.34. The summed E-state index contributed by atoms with van der Waals surface area (Å²) >= 11 is 3.29. The number of carbonyl (C=O) groups excluding carboxylic acids is 3. The van der Waals surface area contributed by atoms with Gasteiger partial charge in [0.1, 0.15) is 0 Å². The number of ether oxygens (including phenoxy) is 1. The molecule has 0 heterocycles. The number of ketones is 1. The van der Waals surface area contributed by atoms with Crippen molar-refractivity contribution in [1.29, 1.82) is 0 Å². The van der Waals surface area contributed by atoms with Gasteiger partial charge < -0.3 is 10.1 Å². The molecular weight excluding hydrogens is 374 g/mol. The van der Waals surface area contributed by atoms with Crippen LogP contribution in [-0.4, -0.2) is 30.8 Å². The summed E-state index contributed by atoms with van der Waals surface area (Å²) in [4.78, 5) is 35.3. The summed E-state index contributed by atoms with van der Waals surface area (Å²) in [5, 5.41) is 2.63. The second-order valence-electron chi connectivity index (χ2n) is 4.96. The van der Waals surface area contributed by atoms with Crippen LogP contribution in [-0.2, 0) is 9.53 Å². The maximum absolute atomic E-state index is 11.9. The molecule has 0 aliphatic rings. The van der Waals surface area contributed by atoms with Gasteiger partial charge in [0.2, 0.25) is 0 Å². The largest absolute Gasteiger partial charge is 0.457 e. The molecule has 2 aromatic carbocycles. The smallest absolute Gasteiger partial charge is 0.308 e. The number of esters is 1. The molecule has 6 heteroatoms. The van der Waals surface area contributed by atoms with Gasteiger partial charge in [0.15, 0.2) is 12.4 Å². The normalized spacial score (nSPS) is 10.0. The van der Waals surface area contributed by atoms with Gasteiger partial charge in [-0.05, 0) is 24.3 Å². The number of Topliss-reactive ketones (excluding diaryl/α,β-unsaturated/α-hetero) is 1. The lowest BCUT2D eigenvalue weighted by molar-refractivity contribution is -0.142. The lowest BCUT2D eigenvalue weighted by Crippen LogP contribution is -2.27. The minimum Gasteiger partial charge on any atom is -0.457 e. The molecule has 0 saturated carbocycles. The monoisotopic (exact) mass is 389 g/mol. The zero-order valence-electron chi connectivity index (χ0n) is 12.8. The zero-order chi connectivity index (χ0) is 17.4. The van der Waals surface area contributed by atoms with Crippen molar-refractivity contribution in [2.45, 2.75) is 6.42 Å². The first kappa shape index (κ1) is 17.9. The highest BCUT2D eigenvalue weighted by molar-refractivity contribution is 9.10. The van der Waals surface area contributed by atoms with Gasteiger partial charge in [0, 0.05) is 22.1 Å². The molecule has 0 atom stereocenters. The molecule has 2 aromatic rings. The van der Waals surface area contributed by atoms with E-state index in [0.29, 0.717) is 11.1 Å². The molecule has 0 radical (unpaired) electrons. The van der Waals surface area contributed by atoms with E-state index in [0.717, 1.165) is 4.47 Å². The lowest BCUT2D eigenvalue weighted by Gasteiger charge is -2.06. The van der Waals surface area contributed by atoms with Crippen LogP contribution in [0, 0.1) is 0 Å². The molecule has 5 nitrogen and oxygen atoms in total. The molecule has 0 unspecified atom stereocenters. The van der Waals surface area contributed by atoms with Gasteiger partial charge in [-0.15, -0.1) is 0 Å². The minimum atomic E-state index is -0.532. The molecule has 0 bridgehead atoms. The maximum Gasteiger partial charge on any atom is 0.308 e. The Morgan fingerprint density at radius 1 is 0.917 bits per heavy atom. The summed E-state index contributed by atoms with van der Waals surface area (Å²) in [7, 11) is 0. The van der Waals surface area contributed by atoms with Crippen molar-refractivity contribution in [1.82, 2.24) is 5.32 Å². The second-order valence-corrected chi connectivity index (χ2v) is 5.88. The van der Waals surface area contributed by atoms with Gasteiger partial charge in [-0.3, -0.25) is 14.4 Å². The van der Waals surface area contributed by atoms with Crippen LogP contribution in [0.2, 0.25) is 0 Å². The third-order valence-electron chi connectivity index (χ3n) is 3.18. The van der Waals surface area contributed by atoms with Crippen molar-refractivity contribution in [2.24, 2.45) is 0 Å². The Hall–Kier alpha value is -2.47. The molecule has 0 aliphatic heterocycles. The molecule has 1 N–H and O–H groups in total. The van der Waals surface area contributed by atoms with Gasteiger partial charge in [0.25, 0.3) is 5.91 Å². The second kappa shape index (κ2) is 8.98. The Labute approximate surface area is 148 Å². The van der Waals surface area contributed by atoms with Crippen molar-refractivity contribution in [3.63, 3.8) is 0 Å². The van der Waals surface area contributed by atoms with Crippen molar-refractivity contribution in [3.8, 4) is 0 Å². The number of carbonyl (C=O) groups is 3. The van der Waals surface area contributed by atoms with Crippen LogP contribution in [0.4, 0.5) is 0 Å². The number of rotatable bonds is 7. The summed E-state index contributed by atoms with van der Waals surface area (Å²) in [6.45, 7) is -0.156. The highest BCUT2D eigenvalue weighted by atomic mass is 79.9. The van der Waals surface area contributed by atoms with Crippen LogP contribution in [0.5, 0.6) is 0 Å². The topological polar surface area (TPSA) is 72.5 Å². The fourth-order valence-corrected chi connectivity index (χ4v) is 2.17. The van der Waals surface area contributed by atoms with E-state index in [-0.39, 0.29) is 31.3 Å². The summed E-state index contributed by atoms with van der Waals surface area (Å²) in [5.74, 6) is -1.06. The van der Waals surface area contributed by atoms with E-state index < -0.39 is 5.97 Å². The number of halogens is 1. The fourth-order valence-electron chi connectivity index (χ4n) is 1.91. The van der Waals surface area contributed by atoms with Crippen LogP contribution in [0.3, 0.4) is 0 Å². The molecular formula is C18H16BrNO4. The number of amides is 1. The Balaban J connectivity index is 1.69. The zero-order valence-corrected chi connectivity index (χ0v) is 14.4. The fraction of sp³-hybridized carbons (Fsp3) is 0.167. The van der Waals surface area contributed by atoms with E-state index in [9.17, 15) is 14.4 Å². The highest BCUT2D eigenvalue weighted by Crippen LogP contribution is 2.10. The third kappa shape index (κ3) is 5.62. The quantitative estimate of drug-likeness (QED) is 0.583. The van der Waals surface area contributed by atoms with E-state index in [1.807, 2.05) is 0 Å². The number of benzene rings is 2. The molecule has 0 saturated heterocycles. The molecule has 24 heavy (non-hydrogen) atoms. The molecule has 124 valence electrons. The molecule has 1 amide bonds. The average Bonchev–Trinajstić information content (AvgIpc) is 2.61. The molecule has 2 rings (SSSR count). The predicted molar refractivity (Wildman–Crippen MR) is 92.8 cm³/mol. The van der Waals surface area contributed by atoms with E-state index in [4.69, 9.17) is 4.74 Å². The Morgan fingerprint density at radius 3 is 2.25 bits per heavy atom. The van der Waals surface area contributed by atoms with Crippen molar-refractivity contribution >= 4 is 33.6 Å². The lowest BCUT2D eigenvalue weighted by atomic mass is 10.1. The molecule has 0 aromatic heterocycles. The first-order chi connectivity index (χ1) is 11.6. The van der Waals surface area contributed by atoms with Crippen LogP contribution >= 0.6 is 15.9 Å². The first-order valence-corrected chi connectivity index (χ1v) is 8.13. The summed E-state index contributed by atoms with van der Waals surface area (Å²) < 4.78 is 5.80. The summed E-state index contributed by atoms with van der Waals surface area (Å²) in [6.07, 6.45) is 0.00430. The Bertz CT molecular complexity index is 714. The maximum atomic E-state index is 11.9. The molecule has 0 spiro atoms. The van der Waals surface area contributed by atoms with Crippen LogP contribution in [0.25, 0.3) is 0 Å². The third-order valence-corrected chi connectivity index (χ3v) is 3.71. The van der Waals surface area contributed by atoms with Gasteiger partial charge in [0.05, 0.1) is 6.42 Å². The SMILES string of the molecule is O=C(CCNC(=O)c1ccc(Br)cc1)OCC(=O)c1ccccc1. The van der Waals surface area contributed by atoms with E-state index >= 15 is 0 Å². The van der Waals surface area contributed by atoms with Crippen molar-refractivity contribution in [2.75, 3.05) is 13.2 Å². The molecule has 0 fully saturated rings. The number of hydrogen-bond acceptors (Lipinski definition) is 4. The van der Waals surface area contributed by atoms with Gasteiger partial charge in [-0.2, -0.15) is 0 Å². The molecule has 0 aliphatic carbocycles. The summed E-state index contributed by atoms with van der Waals surface area (Å²) in [6, 6.07) is 15.5. The van der Waals surface area contributed by atoms with Crippen LogP contribution < -0.4 is 5.32 Å². The minimum absolute atomic E-state index is 0.00430.